The molecule has 0 aliphatic carbocycles. The van der Waals surface area contributed by atoms with Crippen LogP contribution in [0.3, 0.4) is 0 Å². The van der Waals surface area contributed by atoms with Crippen LogP contribution in [-0.2, 0) is 6.54 Å². The fourth-order valence-electron chi connectivity index (χ4n) is 2.30. The van der Waals surface area contributed by atoms with Crippen LogP contribution < -0.4 is 10.6 Å². The number of nitrogens with one attached hydrogen (secondary N) is 2. The van der Waals surface area contributed by atoms with E-state index in [9.17, 15) is 14.7 Å². The van der Waals surface area contributed by atoms with Gasteiger partial charge in [-0.3, -0.25) is 0 Å². The van der Waals surface area contributed by atoms with Crippen molar-refractivity contribution >= 4 is 12.0 Å². The number of amides is 2. The van der Waals surface area contributed by atoms with Crippen LogP contribution >= 0.6 is 0 Å². The van der Waals surface area contributed by atoms with E-state index in [4.69, 9.17) is 5.11 Å². The number of aromatic carboxylic acids is 1. The molecule has 0 saturated carbocycles. The number of benzene rings is 1. The predicted molar refractivity (Wildman–Crippen MR) is 83.7 cm³/mol. The van der Waals surface area contributed by atoms with Crippen LogP contribution in [-0.4, -0.2) is 33.9 Å². The third kappa shape index (κ3) is 5.37. The number of carboxylic acids is 1. The molecular formula is C16H24N2O4. The SMILES string of the molecule is CC(C)[C@H](NC(=O)NCc1ccc(C(=O)O)cc1)C(C)(C)O. The summed E-state index contributed by atoms with van der Waals surface area (Å²) in [5.74, 6) is -0.900. The molecule has 1 rings (SSSR count). The number of urea groups is 1. The zero-order valence-corrected chi connectivity index (χ0v) is 13.4. The first-order chi connectivity index (χ1) is 10.1. The van der Waals surface area contributed by atoms with E-state index in [0.717, 1.165) is 5.56 Å². The van der Waals surface area contributed by atoms with Crippen molar-refractivity contribution in [3.63, 3.8) is 0 Å². The number of hydrogen-bond acceptors (Lipinski definition) is 3. The maximum atomic E-state index is 11.9. The summed E-state index contributed by atoms with van der Waals surface area (Å²) in [5, 5.41) is 24.3. The Bertz CT molecular complexity index is 518. The molecule has 0 fully saturated rings. The Hall–Kier alpha value is -2.08. The Morgan fingerprint density at radius 2 is 1.73 bits per heavy atom. The molecule has 0 saturated heterocycles. The van der Waals surface area contributed by atoms with E-state index in [1.807, 2.05) is 13.8 Å². The molecule has 1 aromatic carbocycles. The Kier molecular flexibility index (Phi) is 5.93. The van der Waals surface area contributed by atoms with Gasteiger partial charge in [-0.1, -0.05) is 26.0 Å². The molecule has 0 radical (unpaired) electrons. The van der Waals surface area contributed by atoms with Crippen LogP contribution in [0.4, 0.5) is 4.79 Å². The smallest absolute Gasteiger partial charge is 0.335 e. The van der Waals surface area contributed by atoms with Crippen LogP contribution in [0.25, 0.3) is 0 Å². The highest BCUT2D eigenvalue weighted by Gasteiger charge is 2.30. The molecule has 0 aliphatic heterocycles. The third-order valence-corrected chi connectivity index (χ3v) is 3.37. The summed E-state index contributed by atoms with van der Waals surface area (Å²) in [5.41, 5.74) is -0.0196. The van der Waals surface area contributed by atoms with Crippen molar-refractivity contribution < 1.29 is 19.8 Å². The third-order valence-electron chi connectivity index (χ3n) is 3.37. The van der Waals surface area contributed by atoms with Gasteiger partial charge in [-0.05, 0) is 37.5 Å². The standard InChI is InChI=1S/C16H24N2O4/c1-10(2)13(16(3,4)22)18-15(21)17-9-11-5-7-12(8-6-11)14(19)20/h5-8,10,13,22H,9H2,1-4H3,(H,19,20)(H2,17,18,21)/t13-/m0/s1. The van der Waals surface area contributed by atoms with Gasteiger partial charge in [0.15, 0.2) is 0 Å². The monoisotopic (exact) mass is 308 g/mol. The first-order valence-corrected chi connectivity index (χ1v) is 7.20. The van der Waals surface area contributed by atoms with E-state index in [1.165, 1.54) is 12.1 Å². The van der Waals surface area contributed by atoms with E-state index >= 15 is 0 Å². The highest BCUT2D eigenvalue weighted by atomic mass is 16.4. The van der Waals surface area contributed by atoms with E-state index in [2.05, 4.69) is 10.6 Å². The first-order valence-electron chi connectivity index (χ1n) is 7.20. The van der Waals surface area contributed by atoms with Gasteiger partial charge in [-0.15, -0.1) is 0 Å². The van der Waals surface area contributed by atoms with Gasteiger partial charge in [-0.25, -0.2) is 9.59 Å². The van der Waals surface area contributed by atoms with Crippen molar-refractivity contribution in [2.75, 3.05) is 0 Å². The number of carboxylic acid groups (broad SMARTS) is 1. The van der Waals surface area contributed by atoms with Crippen molar-refractivity contribution in [3.8, 4) is 0 Å². The molecule has 6 nitrogen and oxygen atoms in total. The Balaban J connectivity index is 2.57. The van der Waals surface area contributed by atoms with Gasteiger partial charge >= 0.3 is 12.0 Å². The van der Waals surface area contributed by atoms with Gasteiger partial charge in [0.1, 0.15) is 0 Å². The minimum absolute atomic E-state index is 0.0839. The topological polar surface area (TPSA) is 98.7 Å². The molecule has 0 heterocycles. The lowest BCUT2D eigenvalue weighted by molar-refractivity contribution is 0.0245. The minimum Gasteiger partial charge on any atom is -0.478 e. The fourth-order valence-corrected chi connectivity index (χ4v) is 2.30. The summed E-state index contributed by atoms with van der Waals surface area (Å²) < 4.78 is 0. The quantitative estimate of drug-likeness (QED) is 0.646. The normalized spacial score (nSPS) is 12.8. The average Bonchev–Trinajstić information content (AvgIpc) is 2.41. The molecular weight excluding hydrogens is 284 g/mol. The maximum Gasteiger partial charge on any atom is 0.335 e. The molecule has 0 bridgehead atoms. The second-order valence-corrected chi connectivity index (χ2v) is 6.20. The van der Waals surface area contributed by atoms with Gasteiger partial charge in [-0.2, -0.15) is 0 Å². The lowest BCUT2D eigenvalue weighted by atomic mass is 9.89. The van der Waals surface area contributed by atoms with Crippen molar-refractivity contribution in [2.24, 2.45) is 5.92 Å². The van der Waals surface area contributed by atoms with Crippen molar-refractivity contribution in [1.29, 1.82) is 0 Å². The highest BCUT2D eigenvalue weighted by molar-refractivity contribution is 5.87. The van der Waals surface area contributed by atoms with Crippen LogP contribution in [0.5, 0.6) is 0 Å². The molecule has 2 amide bonds. The second-order valence-electron chi connectivity index (χ2n) is 6.20. The van der Waals surface area contributed by atoms with Gasteiger partial charge < -0.3 is 20.8 Å². The fraction of sp³-hybridized carbons (Fsp3) is 0.500. The molecule has 122 valence electrons. The Morgan fingerprint density at radius 1 is 1.18 bits per heavy atom. The molecule has 4 N–H and O–H groups in total. The van der Waals surface area contributed by atoms with Crippen LogP contribution in [0, 0.1) is 5.92 Å². The van der Waals surface area contributed by atoms with Gasteiger partial charge in [0.05, 0.1) is 17.2 Å². The Labute approximate surface area is 130 Å². The molecule has 6 heteroatoms. The molecule has 22 heavy (non-hydrogen) atoms. The Morgan fingerprint density at radius 3 is 2.14 bits per heavy atom. The summed E-state index contributed by atoms with van der Waals surface area (Å²) in [6, 6.07) is 5.54. The van der Waals surface area contributed by atoms with Gasteiger partial charge in [0.2, 0.25) is 0 Å². The van der Waals surface area contributed by atoms with Crippen molar-refractivity contribution in [2.45, 2.75) is 45.9 Å². The van der Waals surface area contributed by atoms with Crippen LogP contribution in [0.2, 0.25) is 0 Å². The maximum absolute atomic E-state index is 11.9. The van der Waals surface area contributed by atoms with Crippen molar-refractivity contribution in [3.05, 3.63) is 35.4 Å². The number of aliphatic hydroxyl groups is 1. The van der Waals surface area contributed by atoms with Crippen molar-refractivity contribution in [1.82, 2.24) is 10.6 Å². The van der Waals surface area contributed by atoms with Gasteiger partial charge in [0.25, 0.3) is 0 Å². The summed E-state index contributed by atoms with van der Waals surface area (Å²) in [7, 11) is 0. The zero-order chi connectivity index (χ0) is 16.9. The van der Waals surface area contributed by atoms with E-state index < -0.39 is 11.6 Å². The largest absolute Gasteiger partial charge is 0.478 e. The summed E-state index contributed by atoms with van der Waals surface area (Å²) in [6.45, 7) is 7.44. The first kappa shape index (κ1) is 18.0. The molecule has 0 spiro atoms. The zero-order valence-electron chi connectivity index (χ0n) is 13.4. The molecule has 0 unspecified atom stereocenters. The lowest BCUT2D eigenvalue weighted by Gasteiger charge is -2.33. The molecule has 0 aliphatic rings. The summed E-state index contributed by atoms with van der Waals surface area (Å²) >= 11 is 0. The van der Waals surface area contributed by atoms with Crippen LogP contribution in [0.1, 0.15) is 43.6 Å². The van der Waals surface area contributed by atoms with E-state index in [0.29, 0.717) is 0 Å². The number of carbonyl (C=O) groups is 2. The average molecular weight is 308 g/mol. The van der Waals surface area contributed by atoms with E-state index in [-0.39, 0.29) is 30.1 Å². The summed E-state index contributed by atoms with van der Waals surface area (Å²) in [4.78, 5) is 22.7. The lowest BCUT2D eigenvalue weighted by Crippen LogP contribution is -2.54. The second kappa shape index (κ2) is 7.26. The minimum atomic E-state index is -1.02. The van der Waals surface area contributed by atoms with Gasteiger partial charge in [0, 0.05) is 6.54 Å². The van der Waals surface area contributed by atoms with Crippen LogP contribution in [0.15, 0.2) is 24.3 Å². The summed E-state index contributed by atoms with van der Waals surface area (Å²) in [6.07, 6.45) is 0. The highest BCUT2D eigenvalue weighted by Crippen LogP contribution is 2.16. The number of hydrogen-bond donors (Lipinski definition) is 4. The molecule has 1 atom stereocenters. The number of rotatable bonds is 6. The number of carbonyl (C=O) groups excluding carboxylic acids is 1. The predicted octanol–water partition coefficient (Wildman–Crippen LogP) is 1.98. The van der Waals surface area contributed by atoms with E-state index in [1.54, 1.807) is 26.0 Å². The molecule has 0 aromatic heterocycles. The molecule has 1 aromatic rings.